The summed E-state index contributed by atoms with van der Waals surface area (Å²) < 4.78 is 92.1. The van der Waals surface area contributed by atoms with Crippen molar-refractivity contribution in [2.24, 2.45) is 11.8 Å². The number of fused-ring (bicyclic) bond motifs is 1. The van der Waals surface area contributed by atoms with Crippen LogP contribution in [0.25, 0.3) is 0 Å². The Morgan fingerprint density at radius 1 is 0.927 bits per heavy atom. The number of halogens is 6. The monoisotopic (exact) mass is 583 g/mol. The van der Waals surface area contributed by atoms with Crippen molar-refractivity contribution in [3.63, 3.8) is 0 Å². The van der Waals surface area contributed by atoms with Crippen LogP contribution in [-0.2, 0) is 28.3 Å². The molecule has 10 heteroatoms. The summed E-state index contributed by atoms with van der Waals surface area (Å²) in [5.74, 6) is 0.762. The summed E-state index contributed by atoms with van der Waals surface area (Å²) in [6, 6.07) is 7.39. The van der Waals surface area contributed by atoms with Crippen molar-refractivity contribution in [2.45, 2.75) is 82.3 Å². The molecule has 2 fully saturated rings. The lowest BCUT2D eigenvalue weighted by molar-refractivity contribution is -0.146. The molecule has 0 amide bonds. The molecule has 2 aliphatic heterocycles. The van der Waals surface area contributed by atoms with Gasteiger partial charge in [-0.25, -0.2) is 0 Å². The Kier molecular flexibility index (Phi) is 7.85. The fourth-order valence-electron chi connectivity index (χ4n) is 6.59. The van der Waals surface area contributed by atoms with Crippen molar-refractivity contribution in [1.82, 2.24) is 4.90 Å². The Bertz CT molecular complexity index is 1250. The number of ether oxygens (including phenoxy) is 2. The number of alkyl halides is 6. The fourth-order valence-corrected chi connectivity index (χ4v) is 6.59. The van der Waals surface area contributed by atoms with E-state index in [1.165, 1.54) is 7.11 Å². The van der Waals surface area contributed by atoms with Crippen molar-refractivity contribution in [2.75, 3.05) is 20.2 Å². The smallest absolute Gasteiger partial charge is 0.416 e. The number of rotatable bonds is 6. The van der Waals surface area contributed by atoms with Crippen LogP contribution in [0.1, 0.15) is 85.7 Å². The zero-order valence-electron chi connectivity index (χ0n) is 23.4. The third-order valence-electron chi connectivity index (χ3n) is 9.24. The summed E-state index contributed by atoms with van der Waals surface area (Å²) >= 11 is 0. The Hall–Kier alpha value is -2.75. The van der Waals surface area contributed by atoms with E-state index in [4.69, 9.17) is 9.47 Å². The highest BCUT2D eigenvalue weighted by Crippen LogP contribution is 2.49. The topological polar surface area (TPSA) is 38.8 Å². The van der Waals surface area contributed by atoms with Gasteiger partial charge in [0, 0.05) is 19.1 Å². The van der Waals surface area contributed by atoms with Crippen LogP contribution in [0.3, 0.4) is 0 Å². The molecule has 3 aliphatic rings. The summed E-state index contributed by atoms with van der Waals surface area (Å²) in [5.41, 5.74) is -0.895. The number of benzene rings is 2. The summed E-state index contributed by atoms with van der Waals surface area (Å²) in [7, 11) is 1.40. The fraction of sp³-hybridized carbons (Fsp3) is 0.581. The van der Waals surface area contributed by atoms with Crippen LogP contribution in [0, 0.1) is 11.8 Å². The molecule has 1 unspecified atom stereocenters. The van der Waals surface area contributed by atoms with Crippen LogP contribution in [0.2, 0.25) is 0 Å². The van der Waals surface area contributed by atoms with Crippen LogP contribution in [0.4, 0.5) is 26.3 Å². The lowest BCUT2D eigenvalue weighted by Gasteiger charge is -2.46. The predicted molar refractivity (Wildman–Crippen MR) is 140 cm³/mol. The molecule has 224 valence electrons. The van der Waals surface area contributed by atoms with Crippen molar-refractivity contribution in [3.8, 4) is 5.75 Å². The molecule has 0 radical (unpaired) electrons. The molecule has 0 aromatic heterocycles. The number of hydrogen-bond acceptors (Lipinski definition) is 4. The van der Waals surface area contributed by atoms with Gasteiger partial charge in [0.1, 0.15) is 11.4 Å². The molecule has 41 heavy (non-hydrogen) atoms. The molecule has 5 rings (SSSR count). The summed E-state index contributed by atoms with van der Waals surface area (Å²) in [4.78, 5) is 14.3. The van der Waals surface area contributed by atoms with Gasteiger partial charge in [-0.05, 0) is 98.2 Å². The van der Waals surface area contributed by atoms with Crippen LogP contribution < -0.4 is 4.74 Å². The summed E-state index contributed by atoms with van der Waals surface area (Å²) in [5, 5.41) is 0. The van der Waals surface area contributed by atoms with E-state index >= 15 is 0 Å². The highest BCUT2D eigenvalue weighted by atomic mass is 19.4. The van der Waals surface area contributed by atoms with E-state index in [-0.39, 0.29) is 29.4 Å². The number of aryl methyl sites for hydroxylation is 1. The second-order valence-electron chi connectivity index (χ2n) is 11.9. The van der Waals surface area contributed by atoms with E-state index in [0.717, 1.165) is 54.7 Å². The Balaban J connectivity index is 1.31. The second-order valence-corrected chi connectivity index (χ2v) is 11.9. The average molecular weight is 584 g/mol. The Labute approximate surface area is 236 Å². The maximum atomic E-state index is 13.4. The normalized spacial score (nSPS) is 21.5. The SMILES string of the molecule is COC(=O)[C@@H](C)[C@H](c1ccc2c(c1)OC1(CC2)CCN(C(C)c2cc(C(F)(F)F)cc(C(F)(F)F)c2)CC1)C1CC1. The van der Waals surface area contributed by atoms with E-state index in [2.05, 4.69) is 18.2 Å². The lowest BCUT2D eigenvalue weighted by atomic mass is 9.80. The van der Waals surface area contributed by atoms with Crippen molar-refractivity contribution >= 4 is 5.97 Å². The van der Waals surface area contributed by atoms with Crippen LogP contribution in [0.15, 0.2) is 36.4 Å². The van der Waals surface area contributed by atoms with Crippen LogP contribution >= 0.6 is 0 Å². The number of nitrogens with zero attached hydrogens (tertiary/aromatic N) is 1. The van der Waals surface area contributed by atoms with Gasteiger partial charge in [-0.1, -0.05) is 19.1 Å². The number of likely N-dealkylation sites (tertiary alicyclic amines) is 1. The number of carbonyl (C=O) groups excluding carboxylic acids is 1. The minimum absolute atomic E-state index is 0.00602. The van der Waals surface area contributed by atoms with Gasteiger partial charge in [0.25, 0.3) is 0 Å². The average Bonchev–Trinajstić information content (AvgIpc) is 3.76. The minimum Gasteiger partial charge on any atom is -0.487 e. The maximum Gasteiger partial charge on any atom is 0.416 e. The molecular weight excluding hydrogens is 548 g/mol. The van der Waals surface area contributed by atoms with E-state index in [0.29, 0.717) is 31.8 Å². The first-order valence-corrected chi connectivity index (χ1v) is 14.1. The van der Waals surface area contributed by atoms with Crippen molar-refractivity contribution in [3.05, 3.63) is 64.2 Å². The van der Waals surface area contributed by atoms with Gasteiger partial charge in [-0.3, -0.25) is 9.69 Å². The Morgan fingerprint density at radius 2 is 1.54 bits per heavy atom. The van der Waals surface area contributed by atoms with Gasteiger partial charge in [0.15, 0.2) is 0 Å². The van der Waals surface area contributed by atoms with Crippen LogP contribution in [-0.4, -0.2) is 36.7 Å². The number of methoxy groups -OCH3 is 1. The molecule has 1 aliphatic carbocycles. The molecule has 3 atom stereocenters. The quantitative estimate of drug-likeness (QED) is 0.256. The minimum atomic E-state index is -4.88. The summed E-state index contributed by atoms with van der Waals surface area (Å²) in [6.07, 6.45) is -4.81. The maximum absolute atomic E-state index is 13.4. The lowest BCUT2D eigenvalue weighted by Crippen LogP contribution is -2.50. The molecule has 4 nitrogen and oxygen atoms in total. The summed E-state index contributed by atoms with van der Waals surface area (Å²) in [6.45, 7) is 4.52. The third kappa shape index (κ3) is 6.22. The third-order valence-corrected chi connectivity index (χ3v) is 9.24. The Morgan fingerprint density at radius 3 is 2.07 bits per heavy atom. The molecular formula is C31H35F6NO3. The van der Waals surface area contributed by atoms with Gasteiger partial charge in [0.2, 0.25) is 0 Å². The zero-order valence-corrected chi connectivity index (χ0v) is 23.4. The van der Waals surface area contributed by atoms with E-state index in [1.807, 2.05) is 11.8 Å². The molecule has 0 N–H and O–H groups in total. The molecule has 0 bridgehead atoms. The first kappa shape index (κ1) is 29.7. The number of esters is 1. The molecule has 2 aromatic carbocycles. The predicted octanol–water partition coefficient (Wildman–Crippen LogP) is 7.95. The second kappa shape index (κ2) is 10.8. The molecule has 1 saturated carbocycles. The van der Waals surface area contributed by atoms with Crippen LogP contribution in [0.5, 0.6) is 5.75 Å². The van der Waals surface area contributed by atoms with Gasteiger partial charge >= 0.3 is 18.3 Å². The zero-order chi connectivity index (χ0) is 29.7. The van der Waals surface area contributed by atoms with Crippen molar-refractivity contribution in [1.29, 1.82) is 0 Å². The van der Waals surface area contributed by atoms with Gasteiger partial charge in [0.05, 0.1) is 24.2 Å². The van der Waals surface area contributed by atoms with Crippen molar-refractivity contribution < 1.29 is 40.6 Å². The number of carbonyl (C=O) groups is 1. The molecule has 2 aromatic rings. The standard InChI is InChI=1S/C31H35F6NO3/c1-18(28(39)40-3)27(21-5-6-21)22-7-4-20-8-9-29(41-26(20)16-22)10-12-38(13-11-29)19(2)23-14-24(30(32,33)34)17-25(15-23)31(35,36)37/h4,7,14-19,21,27H,5-6,8-13H2,1-3H3/t18-,19?,27-/m0/s1. The largest absolute Gasteiger partial charge is 0.487 e. The first-order chi connectivity index (χ1) is 19.2. The van der Waals surface area contributed by atoms with E-state index < -0.39 is 35.1 Å². The molecule has 1 spiro atoms. The van der Waals surface area contributed by atoms with Gasteiger partial charge in [-0.15, -0.1) is 0 Å². The molecule has 2 heterocycles. The van der Waals surface area contributed by atoms with E-state index in [1.54, 1.807) is 6.92 Å². The van der Waals surface area contributed by atoms with Gasteiger partial charge < -0.3 is 9.47 Å². The van der Waals surface area contributed by atoms with Gasteiger partial charge in [-0.2, -0.15) is 26.3 Å². The highest BCUT2D eigenvalue weighted by Gasteiger charge is 2.43. The molecule has 1 saturated heterocycles. The highest BCUT2D eigenvalue weighted by molar-refractivity contribution is 5.73. The van der Waals surface area contributed by atoms with E-state index in [9.17, 15) is 31.1 Å². The number of piperidine rings is 1. The number of hydrogen-bond donors (Lipinski definition) is 0. The first-order valence-electron chi connectivity index (χ1n) is 14.1.